The standard InChI is InChI=1S/C46H55Cl2F2N5O5S3/c1-3-53(4-2)26-25-38(33-61-40-12-8-6-9-13-40)51-43-24-23-41(31-44(43)62(57,58)46(48,49)50)63(59,60)52-45(56)35-17-21-39(22-18-35)55-29-27-54(28-30-55)32-36-11-7-5-10-14-42(36)34-15-19-37(47)20-16-34/h6,8-9,12-13,15-24,31,38,51H,3-5,7,10-11,14,25-30,32-33H2,1-2H3,(H,52,56)/t38-/m1/s1. The minimum Gasteiger partial charge on any atom is -0.380 e. The summed E-state index contributed by atoms with van der Waals surface area (Å²) in [6.45, 7) is 10.4. The van der Waals surface area contributed by atoms with Gasteiger partial charge in [0.25, 0.3) is 25.8 Å². The van der Waals surface area contributed by atoms with Gasteiger partial charge in [-0.3, -0.25) is 9.69 Å². The number of carbonyl (C=O) groups is 1. The molecule has 10 nitrogen and oxygen atoms in total. The molecular weight excluding hydrogens is 908 g/mol. The van der Waals surface area contributed by atoms with E-state index in [1.54, 1.807) is 12.1 Å². The highest BCUT2D eigenvalue weighted by atomic mass is 35.5. The first-order chi connectivity index (χ1) is 30.1. The summed E-state index contributed by atoms with van der Waals surface area (Å²) < 4.78 is 80.0. The fourth-order valence-electron chi connectivity index (χ4n) is 7.96. The van der Waals surface area contributed by atoms with Crippen molar-refractivity contribution in [2.24, 2.45) is 0 Å². The van der Waals surface area contributed by atoms with Crippen LogP contribution in [0, 0.1) is 0 Å². The van der Waals surface area contributed by atoms with Crippen LogP contribution in [-0.4, -0.2) is 101 Å². The number of thioether (sulfide) groups is 1. The molecule has 4 aromatic rings. The number of benzene rings is 4. The number of anilines is 2. The second-order valence-electron chi connectivity index (χ2n) is 15.8. The first-order valence-electron chi connectivity index (χ1n) is 21.3. The van der Waals surface area contributed by atoms with Crippen molar-refractivity contribution in [2.45, 2.75) is 77.8 Å². The van der Waals surface area contributed by atoms with E-state index in [9.17, 15) is 30.4 Å². The van der Waals surface area contributed by atoms with Crippen LogP contribution in [0.15, 0.2) is 117 Å². The van der Waals surface area contributed by atoms with Crippen molar-refractivity contribution in [1.82, 2.24) is 14.5 Å². The molecule has 1 aliphatic heterocycles. The second-order valence-corrected chi connectivity index (χ2v) is 21.7. The average molecular weight is 963 g/mol. The number of nitrogens with zero attached hydrogens (tertiary/aromatic N) is 3. The lowest BCUT2D eigenvalue weighted by atomic mass is 9.95. The molecule has 63 heavy (non-hydrogen) atoms. The third-order valence-electron chi connectivity index (χ3n) is 11.6. The molecule has 0 bridgehead atoms. The topological polar surface area (TPSA) is 119 Å². The summed E-state index contributed by atoms with van der Waals surface area (Å²) in [7, 11) is -10.4. The van der Waals surface area contributed by atoms with Crippen LogP contribution >= 0.6 is 35.0 Å². The summed E-state index contributed by atoms with van der Waals surface area (Å²) in [6.07, 6.45) is 6.24. The van der Waals surface area contributed by atoms with E-state index in [1.807, 2.05) is 61.0 Å². The van der Waals surface area contributed by atoms with Gasteiger partial charge in [0.2, 0.25) is 0 Å². The van der Waals surface area contributed by atoms with Crippen LogP contribution in [-0.2, 0) is 19.9 Å². The quantitative estimate of drug-likeness (QED) is 0.0695. The van der Waals surface area contributed by atoms with Gasteiger partial charge < -0.3 is 15.1 Å². The lowest BCUT2D eigenvalue weighted by molar-refractivity contribution is 0.0981. The van der Waals surface area contributed by atoms with Gasteiger partial charge in [0.1, 0.15) is 0 Å². The maximum Gasteiger partial charge on any atom is 0.427 e. The highest BCUT2D eigenvalue weighted by molar-refractivity contribution is 7.99. The Bertz CT molecular complexity index is 2410. The zero-order valence-electron chi connectivity index (χ0n) is 35.5. The summed E-state index contributed by atoms with van der Waals surface area (Å²) in [6, 6.07) is 26.6. The van der Waals surface area contributed by atoms with Gasteiger partial charge in [-0.05, 0) is 135 Å². The van der Waals surface area contributed by atoms with E-state index in [1.165, 1.54) is 59.9 Å². The van der Waals surface area contributed by atoms with Gasteiger partial charge in [-0.1, -0.05) is 67.8 Å². The number of hydrogen-bond donors (Lipinski definition) is 2. The Morgan fingerprint density at radius 3 is 2.17 bits per heavy atom. The van der Waals surface area contributed by atoms with Crippen molar-refractivity contribution in [3.05, 3.63) is 119 Å². The van der Waals surface area contributed by atoms with E-state index >= 15 is 0 Å². The molecule has 2 aliphatic rings. The molecule has 1 fully saturated rings. The van der Waals surface area contributed by atoms with Crippen LogP contribution < -0.4 is 14.9 Å². The lowest BCUT2D eigenvalue weighted by Gasteiger charge is -2.37. The molecule has 0 aromatic heterocycles. The number of allylic oxidation sites excluding steroid dienone is 1. The molecule has 0 spiro atoms. The predicted octanol–water partition coefficient (Wildman–Crippen LogP) is 9.87. The maximum absolute atomic E-state index is 14.6. The van der Waals surface area contributed by atoms with Crippen molar-refractivity contribution >= 4 is 77.7 Å². The number of halogens is 4. The molecule has 340 valence electrons. The molecule has 1 aliphatic carbocycles. The maximum atomic E-state index is 14.6. The first kappa shape index (κ1) is 48.7. The molecule has 4 aromatic carbocycles. The molecule has 2 N–H and O–H groups in total. The normalized spacial score (nSPS) is 16.2. The largest absolute Gasteiger partial charge is 0.427 e. The summed E-state index contributed by atoms with van der Waals surface area (Å²) in [5.74, 6) is -0.527. The van der Waals surface area contributed by atoms with Crippen molar-refractivity contribution in [3.63, 3.8) is 0 Å². The number of nitrogens with one attached hydrogen (secondary N) is 2. The molecule has 1 amide bonds. The third-order valence-corrected chi connectivity index (χ3v) is 16.5. The van der Waals surface area contributed by atoms with Crippen LogP contribution in [0.2, 0.25) is 5.02 Å². The molecule has 1 atom stereocenters. The number of piperazine rings is 1. The fourth-order valence-corrected chi connectivity index (χ4v) is 11.4. The Hall–Kier alpha value is -3.70. The highest BCUT2D eigenvalue weighted by Crippen LogP contribution is 2.38. The molecular formula is C46H55Cl2F2N5O5S3. The van der Waals surface area contributed by atoms with Gasteiger partial charge in [-0.25, -0.2) is 21.6 Å². The minimum atomic E-state index is -5.61. The zero-order chi connectivity index (χ0) is 45.2. The van der Waals surface area contributed by atoms with Gasteiger partial charge in [0.15, 0.2) is 0 Å². The molecule has 1 heterocycles. The van der Waals surface area contributed by atoms with Crippen molar-refractivity contribution in [2.75, 3.05) is 68.3 Å². The van der Waals surface area contributed by atoms with Crippen molar-refractivity contribution < 1.29 is 30.4 Å². The van der Waals surface area contributed by atoms with Gasteiger partial charge >= 0.3 is 4.71 Å². The number of alkyl halides is 3. The number of hydrogen-bond acceptors (Lipinski definition) is 10. The average Bonchev–Trinajstić information content (AvgIpc) is 3.51. The van der Waals surface area contributed by atoms with Crippen molar-refractivity contribution in [3.8, 4) is 0 Å². The predicted molar refractivity (Wildman–Crippen MR) is 253 cm³/mol. The van der Waals surface area contributed by atoms with E-state index in [4.69, 9.17) is 23.2 Å². The highest BCUT2D eigenvalue weighted by Gasteiger charge is 2.46. The van der Waals surface area contributed by atoms with Gasteiger partial charge in [-0.2, -0.15) is 8.78 Å². The van der Waals surface area contributed by atoms with Gasteiger partial charge in [0.05, 0.1) is 15.5 Å². The Morgan fingerprint density at radius 2 is 1.52 bits per heavy atom. The number of sulfonamides is 1. The van der Waals surface area contributed by atoms with Crippen molar-refractivity contribution in [1.29, 1.82) is 0 Å². The summed E-state index contributed by atoms with van der Waals surface area (Å²) in [4.78, 5) is 19.5. The van der Waals surface area contributed by atoms with Crippen LogP contribution in [0.1, 0.15) is 68.3 Å². The summed E-state index contributed by atoms with van der Waals surface area (Å²) in [5.41, 5.74) is 4.84. The molecule has 0 radical (unpaired) electrons. The van der Waals surface area contributed by atoms with Gasteiger partial charge in [-0.15, -0.1) is 11.8 Å². The zero-order valence-corrected chi connectivity index (χ0v) is 39.5. The summed E-state index contributed by atoms with van der Waals surface area (Å²) >= 11 is 12.8. The fraction of sp³-hybridized carbons (Fsp3) is 0.413. The third kappa shape index (κ3) is 13.0. The van der Waals surface area contributed by atoms with E-state index < -0.39 is 46.3 Å². The van der Waals surface area contributed by atoms with Crippen LogP contribution in [0.4, 0.5) is 20.2 Å². The van der Waals surface area contributed by atoms with E-state index in [0.717, 1.165) is 86.4 Å². The van der Waals surface area contributed by atoms with Gasteiger partial charge in [0, 0.05) is 72.2 Å². The SMILES string of the molecule is CCN(CC)CC[C@H](CSc1ccccc1)Nc1ccc(S(=O)(=O)NC(=O)c2ccc(N3CCN(CC4=C(c5ccc(Cl)cc5)CCCCC4)CC3)cc2)cc1S(=O)(=O)C(F)(F)Cl. The van der Waals surface area contributed by atoms with Crippen LogP contribution in [0.25, 0.3) is 5.57 Å². The molecule has 6 rings (SSSR count). The Kier molecular flexibility index (Phi) is 17.0. The number of amides is 1. The van der Waals surface area contributed by atoms with Crippen LogP contribution in [0.3, 0.4) is 0 Å². The Labute approximate surface area is 385 Å². The smallest absolute Gasteiger partial charge is 0.380 e. The molecule has 0 unspecified atom stereocenters. The van der Waals surface area contributed by atoms with Crippen LogP contribution in [0.5, 0.6) is 0 Å². The number of sulfone groups is 1. The second kappa shape index (κ2) is 22.0. The number of rotatable bonds is 19. The van der Waals surface area contributed by atoms with E-state index in [2.05, 4.69) is 32.1 Å². The monoisotopic (exact) mass is 961 g/mol. The molecule has 17 heteroatoms. The summed E-state index contributed by atoms with van der Waals surface area (Å²) in [5, 5.41) is 3.82. The minimum absolute atomic E-state index is 0.0429. The Balaban J connectivity index is 1.13. The van der Waals surface area contributed by atoms with E-state index in [-0.39, 0.29) is 11.3 Å². The number of carbonyl (C=O) groups excluding carboxylic acids is 1. The first-order valence-corrected chi connectivity index (χ1v) is 26.0. The Morgan fingerprint density at radius 1 is 0.857 bits per heavy atom. The van der Waals surface area contributed by atoms with E-state index in [0.29, 0.717) is 24.8 Å². The lowest BCUT2D eigenvalue weighted by Crippen LogP contribution is -2.47. The molecule has 0 saturated carbocycles. The molecule has 1 saturated heterocycles.